The highest BCUT2D eigenvalue weighted by Crippen LogP contribution is 2.16. The van der Waals surface area contributed by atoms with E-state index in [9.17, 15) is 4.79 Å². The van der Waals surface area contributed by atoms with Crippen molar-refractivity contribution in [1.29, 1.82) is 0 Å². The van der Waals surface area contributed by atoms with E-state index < -0.39 is 0 Å². The van der Waals surface area contributed by atoms with Gasteiger partial charge in [-0.1, -0.05) is 19.1 Å². The molecule has 0 unspecified atom stereocenters. The minimum Gasteiger partial charge on any atom is -0.484 e. The number of rotatable bonds is 8. The van der Waals surface area contributed by atoms with E-state index in [0.29, 0.717) is 24.6 Å². The zero-order chi connectivity index (χ0) is 18.4. The molecule has 0 spiro atoms. The minimum atomic E-state index is -0.130. The SMILES string of the molecule is CCc1ccc(OCC(=O)N(Cc2ccco2)Cc2ccc(C)o2)cc1. The third-order valence-electron chi connectivity index (χ3n) is 4.12. The molecule has 1 aromatic carbocycles. The molecular weight excluding hydrogens is 330 g/mol. The average Bonchev–Trinajstić information content (AvgIpc) is 3.31. The quantitative estimate of drug-likeness (QED) is 0.604. The molecule has 2 heterocycles. The summed E-state index contributed by atoms with van der Waals surface area (Å²) in [4.78, 5) is 14.4. The van der Waals surface area contributed by atoms with Crippen LogP contribution in [0.15, 0.2) is 63.6 Å². The molecule has 0 radical (unpaired) electrons. The summed E-state index contributed by atoms with van der Waals surface area (Å²) in [6, 6.07) is 15.2. The van der Waals surface area contributed by atoms with Gasteiger partial charge in [0.25, 0.3) is 5.91 Å². The van der Waals surface area contributed by atoms with Crippen LogP contribution in [-0.2, 0) is 24.3 Å². The van der Waals surface area contributed by atoms with Crippen LogP contribution in [-0.4, -0.2) is 17.4 Å². The molecule has 26 heavy (non-hydrogen) atoms. The summed E-state index contributed by atoms with van der Waals surface area (Å²) in [5.74, 6) is 2.82. The first-order valence-corrected chi connectivity index (χ1v) is 8.71. The van der Waals surface area contributed by atoms with Gasteiger partial charge in [0, 0.05) is 0 Å². The molecule has 0 bridgehead atoms. The van der Waals surface area contributed by atoms with Gasteiger partial charge >= 0.3 is 0 Å². The highest BCUT2D eigenvalue weighted by Gasteiger charge is 2.18. The lowest BCUT2D eigenvalue weighted by Gasteiger charge is -2.21. The van der Waals surface area contributed by atoms with Crippen molar-refractivity contribution >= 4 is 5.91 Å². The van der Waals surface area contributed by atoms with Crippen LogP contribution in [0.5, 0.6) is 5.75 Å². The fourth-order valence-electron chi connectivity index (χ4n) is 2.64. The average molecular weight is 353 g/mol. The Morgan fingerprint density at radius 1 is 1.04 bits per heavy atom. The van der Waals surface area contributed by atoms with E-state index in [1.54, 1.807) is 17.2 Å². The Kier molecular flexibility index (Phi) is 5.79. The summed E-state index contributed by atoms with van der Waals surface area (Å²) in [6.45, 7) is 4.68. The van der Waals surface area contributed by atoms with E-state index in [4.69, 9.17) is 13.6 Å². The van der Waals surface area contributed by atoms with Gasteiger partial charge in [-0.15, -0.1) is 0 Å². The Bertz CT molecular complexity index is 818. The van der Waals surface area contributed by atoms with Crippen LogP contribution >= 0.6 is 0 Å². The lowest BCUT2D eigenvalue weighted by atomic mass is 10.2. The predicted molar refractivity (Wildman–Crippen MR) is 97.7 cm³/mol. The molecule has 1 amide bonds. The van der Waals surface area contributed by atoms with Crippen molar-refractivity contribution in [3.05, 3.63) is 77.6 Å². The number of benzene rings is 1. The van der Waals surface area contributed by atoms with Crippen molar-refractivity contribution in [2.24, 2.45) is 0 Å². The van der Waals surface area contributed by atoms with Crippen LogP contribution in [0, 0.1) is 6.92 Å². The number of hydrogen-bond donors (Lipinski definition) is 0. The monoisotopic (exact) mass is 353 g/mol. The van der Waals surface area contributed by atoms with E-state index in [0.717, 1.165) is 17.9 Å². The molecule has 0 saturated carbocycles. The van der Waals surface area contributed by atoms with Crippen LogP contribution in [0.25, 0.3) is 0 Å². The third kappa shape index (κ3) is 4.79. The Labute approximate surface area is 153 Å². The number of carbonyl (C=O) groups is 1. The van der Waals surface area contributed by atoms with E-state index >= 15 is 0 Å². The van der Waals surface area contributed by atoms with Crippen LogP contribution in [0.2, 0.25) is 0 Å². The van der Waals surface area contributed by atoms with Gasteiger partial charge in [-0.3, -0.25) is 4.79 Å². The van der Waals surface area contributed by atoms with Crippen molar-refractivity contribution < 1.29 is 18.4 Å². The van der Waals surface area contributed by atoms with Gasteiger partial charge < -0.3 is 18.5 Å². The number of furan rings is 2. The molecule has 0 saturated heterocycles. The maximum Gasteiger partial charge on any atom is 0.261 e. The first-order valence-electron chi connectivity index (χ1n) is 8.71. The van der Waals surface area contributed by atoms with E-state index in [1.165, 1.54) is 5.56 Å². The highest BCUT2D eigenvalue weighted by molar-refractivity contribution is 5.77. The molecule has 0 atom stereocenters. The number of aryl methyl sites for hydroxylation is 2. The number of ether oxygens (including phenoxy) is 1. The Balaban J connectivity index is 1.64. The molecule has 0 aliphatic rings. The van der Waals surface area contributed by atoms with Crippen molar-refractivity contribution in [3.8, 4) is 5.75 Å². The second-order valence-electron chi connectivity index (χ2n) is 6.13. The van der Waals surface area contributed by atoms with Gasteiger partial charge in [0.15, 0.2) is 6.61 Å². The van der Waals surface area contributed by atoms with Crippen LogP contribution in [0.3, 0.4) is 0 Å². The number of carbonyl (C=O) groups excluding carboxylic acids is 1. The van der Waals surface area contributed by atoms with Gasteiger partial charge in [-0.05, 0) is 55.3 Å². The summed E-state index contributed by atoms with van der Waals surface area (Å²) in [7, 11) is 0. The van der Waals surface area contributed by atoms with Crippen LogP contribution in [0.1, 0.15) is 29.8 Å². The van der Waals surface area contributed by atoms with Gasteiger partial charge in [0.1, 0.15) is 23.0 Å². The van der Waals surface area contributed by atoms with Gasteiger partial charge in [-0.2, -0.15) is 0 Å². The highest BCUT2D eigenvalue weighted by atomic mass is 16.5. The molecule has 0 N–H and O–H groups in total. The molecule has 136 valence electrons. The molecule has 5 heteroatoms. The first-order chi connectivity index (χ1) is 12.6. The standard InChI is InChI=1S/C21H23NO4/c1-3-17-7-10-18(11-8-17)25-15-21(23)22(13-19-5-4-12-24-19)14-20-9-6-16(2)26-20/h4-12H,3,13-15H2,1-2H3. The largest absolute Gasteiger partial charge is 0.484 e. The van der Waals surface area contributed by atoms with Gasteiger partial charge in [0.05, 0.1) is 19.4 Å². The topological polar surface area (TPSA) is 55.8 Å². The maximum atomic E-state index is 12.7. The molecule has 3 rings (SSSR count). The van der Waals surface area contributed by atoms with Gasteiger partial charge in [-0.25, -0.2) is 0 Å². The predicted octanol–water partition coefficient (Wildman–Crippen LogP) is 4.35. The van der Waals surface area contributed by atoms with Crippen LogP contribution in [0.4, 0.5) is 0 Å². The van der Waals surface area contributed by atoms with Gasteiger partial charge in [0.2, 0.25) is 0 Å². The zero-order valence-corrected chi connectivity index (χ0v) is 15.1. The third-order valence-corrected chi connectivity index (χ3v) is 4.12. The molecule has 0 fully saturated rings. The number of amides is 1. The number of nitrogens with zero attached hydrogens (tertiary/aromatic N) is 1. The Hall–Kier alpha value is -2.95. The Morgan fingerprint density at radius 2 is 1.81 bits per heavy atom. The molecule has 0 aliphatic carbocycles. The molecular formula is C21H23NO4. The smallest absolute Gasteiger partial charge is 0.261 e. The minimum absolute atomic E-state index is 0.0358. The number of hydrogen-bond acceptors (Lipinski definition) is 4. The summed E-state index contributed by atoms with van der Waals surface area (Å²) in [6.07, 6.45) is 2.57. The second kappa shape index (κ2) is 8.43. The fourth-order valence-corrected chi connectivity index (χ4v) is 2.64. The van der Waals surface area contributed by atoms with Crippen molar-refractivity contribution in [2.45, 2.75) is 33.4 Å². The molecule has 0 aliphatic heterocycles. The van der Waals surface area contributed by atoms with Crippen LogP contribution < -0.4 is 4.74 Å². The fraction of sp³-hybridized carbons (Fsp3) is 0.286. The van der Waals surface area contributed by atoms with Crippen molar-refractivity contribution in [1.82, 2.24) is 4.90 Å². The maximum absolute atomic E-state index is 12.7. The van der Waals surface area contributed by atoms with E-state index in [-0.39, 0.29) is 12.5 Å². The summed E-state index contributed by atoms with van der Waals surface area (Å²) in [5.41, 5.74) is 1.23. The lowest BCUT2D eigenvalue weighted by molar-refractivity contribution is -0.135. The normalized spacial score (nSPS) is 10.7. The summed E-state index contributed by atoms with van der Waals surface area (Å²) >= 11 is 0. The summed E-state index contributed by atoms with van der Waals surface area (Å²) < 4.78 is 16.6. The first kappa shape index (κ1) is 17.9. The Morgan fingerprint density at radius 3 is 2.42 bits per heavy atom. The van der Waals surface area contributed by atoms with E-state index in [1.807, 2.05) is 49.4 Å². The zero-order valence-electron chi connectivity index (χ0n) is 15.1. The van der Waals surface area contributed by atoms with Crippen molar-refractivity contribution in [2.75, 3.05) is 6.61 Å². The van der Waals surface area contributed by atoms with E-state index in [2.05, 4.69) is 6.92 Å². The molecule has 3 aromatic rings. The molecule has 5 nitrogen and oxygen atoms in total. The van der Waals surface area contributed by atoms with Crippen molar-refractivity contribution in [3.63, 3.8) is 0 Å². The molecule has 2 aromatic heterocycles. The lowest BCUT2D eigenvalue weighted by Crippen LogP contribution is -2.33. The summed E-state index contributed by atoms with van der Waals surface area (Å²) in [5, 5.41) is 0. The second-order valence-corrected chi connectivity index (χ2v) is 6.13.